The number of benzene rings is 4. The number of rotatable bonds is 3. The average molecular weight is 643 g/mol. The number of alkyl halides is 9. The van der Waals surface area contributed by atoms with E-state index in [0.29, 0.717) is 22.8 Å². The molecule has 3 nitrogen and oxygen atoms in total. The third-order valence-electron chi connectivity index (χ3n) is 7.42. The summed E-state index contributed by atoms with van der Waals surface area (Å²) in [7, 11) is 0. The van der Waals surface area contributed by atoms with Gasteiger partial charge in [-0.15, -0.1) is 13.2 Å². The van der Waals surface area contributed by atoms with E-state index in [1.807, 2.05) is 0 Å². The molecule has 4 aromatic carbocycles. The molecule has 0 aliphatic heterocycles. The molecule has 0 heterocycles. The highest BCUT2D eigenvalue weighted by molar-refractivity contribution is 6.06. The second-order valence-corrected chi connectivity index (χ2v) is 10.8. The van der Waals surface area contributed by atoms with Crippen molar-refractivity contribution in [2.45, 2.75) is 39.5 Å². The van der Waals surface area contributed by atoms with Crippen LogP contribution in [0.25, 0.3) is 43.8 Å². The van der Waals surface area contributed by atoms with Gasteiger partial charge in [0, 0.05) is 11.1 Å². The molecule has 12 heteroatoms. The summed E-state index contributed by atoms with van der Waals surface area (Å²) in [5, 5.41) is 9.76. The van der Waals surface area contributed by atoms with E-state index < -0.39 is 41.3 Å². The summed E-state index contributed by atoms with van der Waals surface area (Å²) in [6.07, 6.45) is -14.7. The smallest absolute Gasteiger partial charge is 0.405 e. The maximum absolute atomic E-state index is 13.7. The Bertz CT molecular complexity index is 2020. The Kier molecular flexibility index (Phi) is 7.68. The van der Waals surface area contributed by atoms with Gasteiger partial charge in [-0.05, 0) is 119 Å². The van der Waals surface area contributed by atoms with Crippen LogP contribution >= 0.6 is 0 Å². The Morgan fingerprint density at radius 3 is 1.57 bits per heavy atom. The third kappa shape index (κ3) is 6.03. The fourth-order valence-corrected chi connectivity index (χ4v) is 5.63. The number of hydrogen-bond acceptors (Lipinski definition) is 2. The highest BCUT2D eigenvalue weighted by Crippen LogP contribution is 2.52. The molecule has 46 heavy (non-hydrogen) atoms. The summed E-state index contributed by atoms with van der Waals surface area (Å²) < 4.78 is 127. The van der Waals surface area contributed by atoms with Crippen molar-refractivity contribution >= 4 is 5.57 Å². The summed E-state index contributed by atoms with van der Waals surface area (Å²) in [6, 6.07) is 13.0. The molecule has 0 saturated carbocycles. The number of hydrogen-bond donors (Lipinski definition) is 0. The molecule has 0 saturated heterocycles. The first kappa shape index (κ1) is 32.2. The van der Waals surface area contributed by atoms with Crippen molar-refractivity contribution in [2.75, 3.05) is 0 Å². The second-order valence-electron chi connectivity index (χ2n) is 10.8. The zero-order valence-corrected chi connectivity index (χ0v) is 24.0. The van der Waals surface area contributed by atoms with E-state index in [0.717, 1.165) is 24.3 Å². The molecule has 0 radical (unpaired) electrons. The summed E-state index contributed by atoms with van der Waals surface area (Å²) in [5.41, 5.74) is -1.21. The largest absolute Gasteiger partial charge is 0.573 e. The van der Waals surface area contributed by atoms with Crippen molar-refractivity contribution in [2.24, 2.45) is 0 Å². The number of fused-ring (bicyclic) bond motifs is 3. The molecule has 1 aliphatic rings. The molecule has 0 fully saturated rings. The predicted molar refractivity (Wildman–Crippen MR) is 152 cm³/mol. The van der Waals surface area contributed by atoms with Crippen LogP contribution in [0.4, 0.5) is 39.5 Å². The van der Waals surface area contributed by atoms with Gasteiger partial charge < -0.3 is 4.74 Å². The lowest BCUT2D eigenvalue weighted by atomic mass is 9.91. The lowest BCUT2D eigenvalue weighted by Gasteiger charge is -2.18. The van der Waals surface area contributed by atoms with Crippen molar-refractivity contribution in [1.82, 2.24) is 0 Å². The topological polar surface area (TPSA) is 37.4 Å². The van der Waals surface area contributed by atoms with Crippen molar-refractivity contribution in [3.8, 4) is 45.2 Å². The molecular weight excluding hydrogens is 623 g/mol. The molecule has 4 aromatic rings. The summed E-state index contributed by atoms with van der Waals surface area (Å²) >= 11 is 0. The van der Waals surface area contributed by atoms with Crippen molar-refractivity contribution in [3.05, 3.63) is 117 Å². The molecule has 0 bridgehead atoms. The Morgan fingerprint density at radius 2 is 1.11 bits per heavy atom. The average Bonchev–Trinajstić information content (AvgIpc) is 3.22. The second kappa shape index (κ2) is 11.0. The first-order valence-corrected chi connectivity index (χ1v) is 13.3. The van der Waals surface area contributed by atoms with Crippen LogP contribution in [0.3, 0.4) is 0 Å². The van der Waals surface area contributed by atoms with E-state index in [1.54, 1.807) is 13.0 Å². The maximum atomic E-state index is 13.7. The van der Waals surface area contributed by atoms with Crippen LogP contribution in [0, 0.1) is 38.7 Å². The van der Waals surface area contributed by atoms with Gasteiger partial charge in [0.1, 0.15) is 5.75 Å². The fraction of sp³-hybridized carbons (Fsp3) is 0.176. The van der Waals surface area contributed by atoms with E-state index in [2.05, 4.69) is 9.58 Å². The van der Waals surface area contributed by atoms with E-state index in [1.165, 1.54) is 44.2 Å². The first-order chi connectivity index (χ1) is 21.3. The van der Waals surface area contributed by atoms with Crippen LogP contribution in [0.5, 0.6) is 5.75 Å². The van der Waals surface area contributed by atoms with E-state index in [9.17, 15) is 44.8 Å². The number of allylic oxidation sites excluding steroid dienone is 1. The lowest BCUT2D eigenvalue weighted by Crippen LogP contribution is -2.18. The van der Waals surface area contributed by atoms with Gasteiger partial charge in [-0.25, -0.2) is 10.1 Å². The van der Waals surface area contributed by atoms with Gasteiger partial charge in [0.2, 0.25) is 0 Å². The quantitative estimate of drug-likeness (QED) is 0.112. The molecule has 234 valence electrons. The maximum Gasteiger partial charge on any atom is 0.573 e. The minimum Gasteiger partial charge on any atom is -0.405 e. The van der Waals surface area contributed by atoms with Crippen molar-refractivity contribution in [3.63, 3.8) is 0 Å². The number of nitriles is 1. The minimum absolute atomic E-state index is 0.0361. The van der Waals surface area contributed by atoms with Crippen molar-refractivity contribution in [1.29, 1.82) is 5.26 Å². The van der Waals surface area contributed by atoms with Crippen LogP contribution in [0.2, 0.25) is 0 Å². The minimum atomic E-state index is -5.27. The van der Waals surface area contributed by atoms with Gasteiger partial charge in [-0.2, -0.15) is 26.3 Å². The highest BCUT2D eigenvalue weighted by Gasteiger charge is 2.37. The Hall–Kier alpha value is -5.23. The van der Waals surface area contributed by atoms with Crippen LogP contribution in [0.1, 0.15) is 38.9 Å². The van der Waals surface area contributed by atoms with Crippen LogP contribution in [0.15, 0.2) is 66.4 Å². The SMILES string of the molecule is [C-]#[N+]/C(C#N)=C1\c2cc(C)c(-c3cc(C)cc(C(F)(F)F)c3)cc2-c2cc(-c3cc(C)cc(C(F)(F)F)c3)c(OC(F)(F)F)cc21. The molecule has 0 aromatic heterocycles. The molecule has 1 aliphatic carbocycles. The molecule has 0 amide bonds. The van der Waals surface area contributed by atoms with Gasteiger partial charge in [0.15, 0.2) is 0 Å². The monoisotopic (exact) mass is 642 g/mol. The van der Waals surface area contributed by atoms with Crippen molar-refractivity contribution < 1.29 is 44.3 Å². The fourth-order valence-electron chi connectivity index (χ4n) is 5.63. The molecule has 0 unspecified atom stereocenters. The first-order valence-electron chi connectivity index (χ1n) is 13.3. The lowest BCUT2D eigenvalue weighted by molar-refractivity contribution is -0.274. The molecule has 5 rings (SSSR count). The normalized spacial score (nSPS) is 13.9. The van der Waals surface area contributed by atoms with Crippen LogP contribution in [-0.4, -0.2) is 6.36 Å². The molecular formula is C34H19F9N2O. The summed E-state index contributed by atoms with van der Waals surface area (Å²) in [6.45, 7) is 12.0. The van der Waals surface area contributed by atoms with Gasteiger partial charge in [-0.1, -0.05) is 18.2 Å². The predicted octanol–water partition coefficient (Wildman–Crippen LogP) is 11.1. The third-order valence-corrected chi connectivity index (χ3v) is 7.42. The Labute approximate surface area is 256 Å². The summed E-state index contributed by atoms with van der Waals surface area (Å²) in [5.74, 6) is -0.872. The zero-order chi connectivity index (χ0) is 33.9. The van der Waals surface area contributed by atoms with Gasteiger partial charge in [0.05, 0.1) is 23.8 Å². The molecule has 0 atom stereocenters. The van der Waals surface area contributed by atoms with Crippen LogP contribution < -0.4 is 4.74 Å². The summed E-state index contributed by atoms with van der Waals surface area (Å²) in [4.78, 5) is 3.24. The Morgan fingerprint density at radius 1 is 0.630 bits per heavy atom. The van der Waals surface area contributed by atoms with Crippen LogP contribution in [-0.2, 0) is 12.4 Å². The highest BCUT2D eigenvalue weighted by atomic mass is 19.4. The molecule has 0 N–H and O–H groups in total. The number of ether oxygens (including phenoxy) is 1. The standard InChI is InChI=1S/C34H19F9N2O/c1-16-5-19(10-21(7-16)32(35,36)37)23-12-25-26-13-24(20-6-17(2)8-22(11-20)33(38,39)40)30(46-34(41,42)43)14-28(26)31(29(15-44)45-4)27(25)9-18(23)3/h5-14H,1-3H3/b31-29+. The number of halogens is 9. The Balaban J connectivity index is 1.87. The number of nitrogens with zero attached hydrogens (tertiary/aromatic N) is 2. The van der Waals surface area contributed by atoms with Gasteiger partial charge in [-0.3, -0.25) is 0 Å². The zero-order valence-electron chi connectivity index (χ0n) is 24.0. The van der Waals surface area contributed by atoms with E-state index in [4.69, 9.17) is 6.57 Å². The number of aryl methyl sites for hydroxylation is 3. The van der Waals surface area contributed by atoms with E-state index in [-0.39, 0.29) is 50.1 Å². The van der Waals surface area contributed by atoms with E-state index >= 15 is 0 Å². The molecule has 0 spiro atoms. The van der Waals surface area contributed by atoms with Gasteiger partial charge in [0.25, 0.3) is 5.70 Å². The van der Waals surface area contributed by atoms with Gasteiger partial charge >= 0.3 is 18.7 Å².